The first-order valence-corrected chi connectivity index (χ1v) is 6.52. The Kier molecular flexibility index (Phi) is 4.06. The maximum atomic E-state index is 11.6. The zero-order valence-electron chi connectivity index (χ0n) is 10.7. The summed E-state index contributed by atoms with van der Waals surface area (Å²) < 4.78 is 6.58. The smallest absolute Gasteiger partial charge is 0.338 e. The maximum Gasteiger partial charge on any atom is 0.338 e. The molecule has 0 amide bonds. The number of nitrogen functional groups attached to an aromatic ring is 1. The average Bonchev–Trinajstić information content (AvgIpc) is 2.78. The van der Waals surface area contributed by atoms with Crippen LogP contribution < -0.4 is 5.73 Å². The van der Waals surface area contributed by atoms with Crippen molar-refractivity contribution in [3.8, 4) is 0 Å². The van der Waals surface area contributed by atoms with Crippen LogP contribution in [0.2, 0.25) is 0 Å². The van der Waals surface area contributed by atoms with Crippen LogP contribution in [-0.2, 0) is 11.8 Å². The van der Waals surface area contributed by atoms with Crippen molar-refractivity contribution in [3.05, 3.63) is 30.1 Å². The second kappa shape index (κ2) is 5.75. The lowest BCUT2D eigenvalue weighted by atomic mass is 10.2. The summed E-state index contributed by atoms with van der Waals surface area (Å²) in [6.07, 6.45) is 1.48. The molecule has 0 aliphatic heterocycles. The number of nitrogens with zero attached hydrogens (tertiary/aromatic N) is 3. The van der Waals surface area contributed by atoms with Crippen LogP contribution in [0.25, 0.3) is 0 Å². The molecule has 100 valence electrons. The Morgan fingerprint density at radius 1 is 1.53 bits per heavy atom. The molecular weight excluding hydrogens is 264 g/mol. The van der Waals surface area contributed by atoms with Gasteiger partial charge in [-0.1, -0.05) is 0 Å². The molecule has 0 unspecified atom stereocenters. The van der Waals surface area contributed by atoms with Crippen LogP contribution in [0.4, 0.5) is 5.69 Å². The van der Waals surface area contributed by atoms with E-state index in [2.05, 4.69) is 10.1 Å². The summed E-state index contributed by atoms with van der Waals surface area (Å²) >= 11 is 1.39. The largest absolute Gasteiger partial charge is 0.462 e. The third-order valence-corrected chi connectivity index (χ3v) is 3.54. The first-order chi connectivity index (χ1) is 9.11. The fourth-order valence-corrected chi connectivity index (χ4v) is 2.25. The zero-order chi connectivity index (χ0) is 13.8. The van der Waals surface area contributed by atoms with Crippen molar-refractivity contribution in [2.24, 2.45) is 7.05 Å². The number of ether oxygens (including phenoxy) is 1. The summed E-state index contributed by atoms with van der Waals surface area (Å²) in [5.41, 5.74) is 6.89. The number of esters is 1. The van der Waals surface area contributed by atoms with Crippen molar-refractivity contribution >= 4 is 23.4 Å². The van der Waals surface area contributed by atoms with E-state index >= 15 is 0 Å². The van der Waals surface area contributed by atoms with Gasteiger partial charge in [0.1, 0.15) is 6.33 Å². The van der Waals surface area contributed by atoms with Gasteiger partial charge in [0.2, 0.25) is 0 Å². The Bertz CT molecular complexity index is 597. The van der Waals surface area contributed by atoms with Gasteiger partial charge in [-0.25, -0.2) is 14.5 Å². The molecule has 0 spiro atoms. The number of aryl methyl sites for hydroxylation is 1. The SMILES string of the molecule is CCOC(=O)c1ccc(Sc2ncnn2C)c(N)c1. The van der Waals surface area contributed by atoms with Gasteiger partial charge >= 0.3 is 5.97 Å². The molecule has 0 saturated heterocycles. The van der Waals surface area contributed by atoms with Crippen LogP contribution in [-0.4, -0.2) is 27.3 Å². The topological polar surface area (TPSA) is 83.0 Å². The van der Waals surface area contributed by atoms with E-state index in [0.717, 1.165) is 10.1 Å². The van der Waals surface area contributed by atoms with E-state index in [1.165, 1.54) is 18.1 Å². The van der Waals surface area contributed by atoms with Gasteiger partial charge in [0.05, 0.1) is 12.2 Å². The second-order valence-corrected chi connectivity index (χ2v) is 4.75. The van der Waals surface area contributed by atoms with Crippen molar-refractivity contribution in [2.75, 3.05) is 12.3 Å². The standard InChI is InChI=1S/C12H14N4O2S/c1-3-18-11(17)8-4-5-10(9(13)6-8)19-12-14-7-15-16(12)2/h4-7H,3,13H2,1-2H3. The van der Waals surface area contributed by atoms with Gasteiger partial charge in [0.15, 0.2) is 5.16 Å². The number of nitrogens with two attached hydrogens (primary N) is 1. The quantitative estimate of drug-likeness (QED) is 0.677. The number of aromatic nitrogens is 3. The van der Waals surface area contributed by atoms with E-state index in [1.807, 2.05) is 0 Å². The molecular formula is C12H14N4O2S. The predicted octanol–water partition coefficient (Wildman–Crippen LogP) is 1.73. The molecule has 0 saturated carbocycles. The first-order valence-electron chi connectivity index (χ1n) is 5.70. The van der Waals surface area contributed by atoms with Crippen LogP contribution in [0.15, 0.2) is 34.6 Å². The normalized spacial score (nSPS) is 10.4. The molecule has 0 radical (unpaired) electrons. The number of rotatable bonds is 4. The number of hydrogen-bond acceptors (Lipinski definition) is 6. The van der Waals surface area contributed by atoms with E-state index < -0.39 is 0 Å². The van der Waals surface area contributed by atoms with Crippen LogP contribution >= 0.6 is 11.8 Å². The minimum absolute atomic E-state index is 0.341. The lowest BCUT2D eigenvalue weighted by Crippen LogP contribution is -2.05. The van der Waals surface area contributed by atoms with E-state index in [0.29, 0.717) is 17.9 Å². The van der Waals surface area contributed by atoms with Gasteiger partial charge in [-0.15, -0.1) is 0 Å². The molecule has 2 rings (SSSR count). The molecule has 0 atom stereocenters. The van der Waals surface area contributed by atoms with Crippen molar-refractivity contribution in [1.29, 1.82) is 0 Å². The molecule has 0 fully saturated rings. The highest BCUT2D eigenvalue weighted by atomic mass is 32.2. The molecule has 1 heterocycles. The Hall–Kier alpha value is -2.02. The fourth-order valence-electron chi connectivity index (χ4n) is 1.46. The van der Waals surface area contributed by atoms with Crippen molar-refractivity contribution in [1.82, 2.24) is 14.8 Å². The van der Waals surface area contributed by atoms with E-state index in [4.69, 9.17) is 10.5 Å². The number of anilines is 1. The minimum Gasteiger partial charge on any atom is -0.462 e. The van der Waals surface area contributed by atoms with Gasteiger partial charge in [0.25, 0.3) is 0 Å². The highest BCUT2D eigenvalue weighted by Crippen LogP contribution is 2.30. The van der Waals surface area contributed by atoms with Crippen molar-refractivity contribution in [2.45, 2.75) is 17.0 Å². The van der Waals surface area contributed by atoms with E-state index in [-0.39, 0.29) is 5.97 Å². The monoisotopic (exact) mass is 278 g/mol. The third-order valence-electron chi connectivity index (χ3n) is 2.39. The molecule has 1 aromatic heterocycles. The van der Waals surface area contributed by atoms with Crippen LogP contribution in [0, 0.1) is 0 Å². The molecule has 7 heteroatoms. The Balaban J connectivity index is 2.20. The number of carbonyl (C=O) groups is 1. The molecule has 2 aromatic rings. The summed E-state index contributed by atoms with van der Waals surface area (Å²) in [6, 6.07) is 5.07. The zero-order valence-corrected chi connectivity index (χ0v) is 11.5. The van der Waals surface area contributed by atoms with Crippen LogP contribution in [0.1, 0.15) is 17.3 Å². The van der Waals surface area contributed by atoms with Gasteiger partial charge < -0.3 is 10.5 Å². The molecule has 0 aliphatic rings. The van der Waals surface area contributed by atoms with Crippen molar-refractivity contribution < 1.29 is 9.53 Å². The lowest BCUT2D eigenvalue weighted by Gasteiger charge is -2.07. The van der Waals surface area contributed by atoms with Gasteiger partial charge in [0, 0.05) is 17.6 Å². The molecule has 2 N–H and O–H groups in total. The van der Waals surface area contributed by atoms with Gasteiger partial charge in [-0.3, -0.25) is 0 Å². The summed E-state index contributed by atoms with van der Waals surface area (Å²) in [5, 5.41) is 4.71. The average molecular weight is 278 g/mol. The minimum atomic E-state index is -0.371. The summed E-state index contributed by atoms with van der Waals surface area (Å²) in [6.45, 7) is 2.10. The first kappa shape index (κ1) is 13.4. The maximum absolute atomic E-state index is 11.6. The van der Waals surface area contributed by atoms with Crippen LogP contribution in [0.5, 0.6) is 0 Å². The molecule has 19 heavy (non-hydrogen) atoms. The third kappa shape index (κ3) is 3.05. The van der Waals surface area contributed by atoms with Gasteiger partial charge in [-0.2, -0.15) is 5.10 Å². The molecule has 6 nitrogen and oxygen atoms in total. The summed E-state index contributed by atoms with van der Waals surface area (Å²) in [7, 11) is 1.80. The van der Waals surface area contributed by atoms with Crippen molar-refractivity contribution in [3.63, 3.8) is 0 Å². The van der Waals surface area contributed by atoms with Gasteiger partial charge in [-0.05, 0) is 36.9 Å². The Labute approximate surface area is 115 Å². The highest BCUT2D eigenvalue weighted by molar-refractivity contribution is 7.99. The Morgan fingerprint density at radius 2 is 2.32 bits per heavy atom. The highest BCUT2D eigenvalue weighted by Gasteiger charge is 2.11. The van der Waals surface area contributed by atoms with E-state index in [1.54, 1.807) is 36.9 Å². The molecule has 0 bridgehead atoms. The number of hydrogen-bond donors (Lipinski definition) is 1. The predicted molar refractivity (Wildman–Crippen MR) is 71.9 cm³/mol. The number of benzene rings is 1. The lowest BCUT2D eigenvalue weighted by molar-refractivity contribution is 0.0526. The number of carbonyl (C=O) groups excluding carboxylic acids is 1. The summed E-state index contributed by atoms with van der Waals surface area (Å²) in [5.74, 6) is -0.371. The summed E-state index contributed by atoms with van der Waals surface area (Å²) in [4.78, 5) is 16.5. The fraction of sp³-hybridized carbons (Fsp3) is 0.250. The van der Waals surface area contributed by atoms with Crippen LogP contribution in [0.3, 0.4) is 0 Å². The Morgan fingerprint density at radius 3 is 2.89 bits per heavy atom. The van der Waals surface area contributed by atoms with E-state index in [9.17, 15) is 4.79 Å². The molecule has 1 aromatic carbocycles. The molecule has 0 aliphatic carbocycles. The second-order valence-electron chi connectivity index (χ2n) is 3.74.